The van der Waals surface area contributed by atoms with E-state index in [0.717, 1.165) is 22.7 Å². The van der Waals surface area contributed by atoms with Gasteiger partial charge in [-0.3, -0.25) is 0 Å². The molecule has 20 heavy (non-hydrogen) atoms. The molecule has 102 valence electrons. The van der Waals surface area contributed by atoms with Gasteiger partial charge in [-0.2, -0.15) is 0 Å². The number of ether oxygens (including phenoxy) is 2. The molecule has 1 aliphatic heterocycles. The Labute approximate surface area is 127 Å². The second-order valence-electron chi connectivity index (χ2n) is 4.32. The second-order valence-corrected chi connectivity index (χ2v) is 5.16. The SMILES string of the molecule is S=C(Nc1ccc2c(c1)OCCO2)c1ccc(Cl)cc1. The Kier molecular flexibility index (Phi) is 3.76. The molecule has 0 spiro atoms. The zero-order valence-corrected chi connectivity index (χ0v) is 12.1. The third-order valence-electron chi connectivity index (χ3n) is 2.91. The van der Waals surface area contributed by atoms with Crippen LogP contribution in [-0.4, -0.2) is 18.2 Å². The van der Waals surface area contributed by atoms with Gasteiger partial charge in [-0.1, -0.05) is 36.0 Å². The molecule has 0 fully saturated rings. The highest BCUT2D eigenvalue weighted by molar-refractivity contribution is 7.81. The molecular weight excluding hydrogens is 294 g/mol. The molecule has 0 aromatic heterocycles. The summed E-state index contributed by atoms with van der Waals surface area (Å²) in [6.07, 6.45) is 0. The van der Waals surface area contributed by atoms with Gasteiger partial charge in [0.15, 0.2) is 11.5 Å². The number of anilines is 1. The van der Waals surface area contributed by atoms with Gasteiger partial charge in [-0.25, -0.2) is 0 Å². The predicted octanol–water partition coefficient (Wildman–Crippen LogP) is 3.90. The van der Waals surface area contributed by atoms with Crippen LogP contribution in [0.1, 0.15) is 5.56 Å². The van der Waals surface area contributed by atoms with E-state index in [0.29, 0.717) is 23.2 Å². The minimum atomic E-state index is 0.568. The van der Waals surface area contributed by atoms with E-state index in [4.69, 9.17) is 33.3 Å². The molecule has 1 heterocycles. The fraction of sp³-hybridized carbons (Fsp3) is 0.133. The van der Waals surface area contributed by atoms with Crippen molar-refractivity contribution in [3.05, 3.63) is 53.1 Å². The van der Waals surface area contributed by atoms with Crippen molar-refractivity contribution in [2.75, 3.05) is 18.5 Å². The molecule has 0 atom stereocenters. The van der Waals surface area contributed by atoms with Gasteiger partial charge in [0.05, 0.1) is 0 Å². The smallest absolute Gasteiger partial charge is 0.163 e. The van der Waals surface area contributed by atoms with Gasteiger partial charge in [0, 0.05) is 22.3 Å². The Morgan fingerprint density at radius 3 is 2.45 bits per heavy atom. The summed E-state index contributed by atoms with van der Waals surface area (Å²) in [7, 11) is 0. The monoisotopic (exact) mass is 305 g/mol. The lowest BCUT2D eigenvalue weighted by Gasteiger charge is -2.19. The van der Waals surface area contributed by atoms with Gasteiger partial charge in [0.25, 0.3) is 0 Å². The van der Waals surface area contributed by atoms with Crippen LogP contribution in [0.5, 0.6) is 11.5 Å². The summed E-state index contributed by atoms with van der Waals surface area (Å²) < 4.78 is 11.0. The van der Waals surface area contributed by atoms with Crippen molar-refractivity contribution >= 4 is 34.5 Å². The Bertz CT molecular complexity index is 643. The molecule has 2 aromatic rings. The zero-order chi connectivity index (χ0) is 13.9. The number of halogens is 1. The summed E-state index contributed by atoms with van der Waals surface area (Å²) in [5.74, 6) is 1.50. The molecule has 3 nitrogen and oxygen atoms in total. The first-order valence-electron chi connectivity index (χ1n) is 6.19. The van der Waals surface area contributed by atoms with Crippen LogP contribution in [0, 0.1) is 0 Å². The van der Waals surface area contributed by atoms with Gasteiger partial charge in [-0.05, 0) is 24.3 Å². The Balaban J connectivity index is 1.77. The van der Waals surface area contributed by atoms with E-state index in [1.165, 1.54) is 0 Å². The Morgan fingerprint density at radius 2 is 1.70 bits per heavy atom. The van der Waals surface area contributed by atoms with E-state index in [2.05, 4.69) is 5.32 Å². The average Bonchev–Trinajstić information content (AvgIpc) is 2.48. The highest BCUT2D eigenvalue weighted by Crippen LogP contribution is 2.32. The maximum atomic E-state index is 5.86. The fourth-order valence-corrected chi connectivity index (χ4v) is 2.31. The Morgan fingerprint density at radius 1 is 1.00 bits per heavy atom. The van der Waals surface area contributed by atoms with Crippen molar-refractivity contribution < 1.29 is 9.47 Å². The van der Waals surface area contributed by atoms with Gasteiger partial charge in [-0.15, -0.1) is 0 Å². The molecule has 2 aromatic carbocycles. The first-order valence-corrected chi connectivity index (χ1v) is 6.97. The quantitative estimate of drug-likeness (QED) is 0.853. The van der Waals surface area contributed by atoms with Crippen LogP contribution in [0.15, 0.2) is 42.5 Å². The van der Waals surface area contributed by atoms with E-state index in [1.54, 1.807) is 0 Å². The standard InChI is InChI=1S/C15H12ClNO2S/c16-11-3-1-10(2-4-11)15(20)17-12-5-6-13-14(9-12)19-8-7-18-13/h1-6,9H,7-8H2,(H,17,20). The fourth-order valence-electron chi connectivity index (χ4n) is 1.93. The summed E-state index contributed by atoms with van der Waals surface area (Å²) in [5, 5.41) is 3.87. The Hall–Kier alpha value is -1.78. The third-order valence-corrected chi connectivity index (χ3v) is 3.50. The molecule has 0 saturated heterocycles. The van der Waals surface area contributed by atoms with Crippen molar-refractivity contribution in [1.29, 1.82) is 0 Å². The molecule has 0 aliphatic carbocycles. The van der Waals surface area contributed by atoms with Crippen LogP contribution < -0.4 is 14.8 Å². The van der Waals surface area contributed by atoms with Gasteiger partial charge in [0.2, 0.25) is 0 Å². The number of benzene rings is 2. The first-order chi connectivity index (χ1) is 9.72. The summed E-state index contributed by atoms with van der Waals surface area (Å²) in [6, 6.07) is 13.1. The number of fused-ring (bicyclic) bond motifs is 1. The molecule has 0 radical (unpaired) electrons. The van der Waals surface area contributed by atoms with Crippen LogP contribution in [0.2, 0.25) is 5.02 Å². The summed E-state index contributed by atoms with van der Waals surface area (Å²) in [5.41, 5.74) is 1.79. The van der Waals surface area contributed by atoms with Crippen LogP contribution in [0.3, 0.4) is 0 Å². The van der Waals surface area contributed by atoms with Gasteiger partial charge in [0.1, 0.15) is 18.2 Å². The average molecular weight is 306 g/mol. The van der Waals surface area contributed by atoms with Gasteiger partial charge >= 0.3 is 0 Å². The molecule has 3 rings (SSSR count). The highest BCUT2D eigenvalue weighted by atomic mass is 35.5. The van der Waals surface area contributed by atoms with Crippen molar-refractivity contribution in [2.45, 2.75) is 0 Å². The molecular formula is C15H12ClNO2S. The lowest BCUT2D eigenvalue weighted by atomic mass is 10.2. The molecule has 1 aliphatic rings. The lowest BCUT2D eigenvalue weighted by Crippen LogP contribution is -2.16. The van der Waals surface area contributed by atoms with Crippen molar-refractivity contribution in [1.82, 2.24) is 0 Å². The summed E-state index contributed by atoms with van der Waals surface area (Å²) in [4.78, 5) is 0.637. The number of hydrogen-bond acceptors (Lipinski definition) is 3. The van der Waals surface area contributed by atoms with E-state index in [9.17, 15) is 0 Å². The zero-order valence-electron chi connectivity index (χ0n) is 10.6. The maximum Gasteiger partial charge on any atom is 0.163 e. The minimum absolute atomic E-state index is 0.568. The van der Waals surface area contributed by atoms with E-state index in [1.807, 2.05) is 42.5 Å². The largest absolute Gasteiger partial charge is 0.486 e. The molecule has 0 bridgehead atoms. The van der Waals surface area contributed by atoms with Gasteiger partial charge < -0.3 is 14.8 Å². The predicted molar refractivity (Wildman–Crippen MR) is 84.2 cm³/mol. The lowest BCUT2D eigenvalue weighted by molar-refractivity contribution is 0.171. The number of rotatable bonds is 2. The third kappa shape index (κ3) is 2.86. The molecule has 1 N–H and O–H groups in total. The van der Waals surface area contributed by atoms with E-state index >= 15 is 0 Å². The van der Waals surface area contributed by atoms with Crippen molar-refractivity contribution in [3.8, 4) is 11.5 Å². The van der Waals surface area contributed by atoms with Crippen LogP contribution in [-0.2, 0) is 0 Å². The molecule has 0 saturated carbocycles. The van der Waals surface area contributed by atoms with Crippen LogP contribution in [0.25, 0.3) is 0 Å². The topological polar surface area (TPSA) is 30.5 Å². The summed E-state index contributed by atoms with van der Waals surface area (Å²) in [6.45, 7) is 1.15. The van der Waals surface area contributed by atoms with Crippen molar-refractivity contribution in [2.24, 2.45) is 0 Å². The molecule has 5 heteroatoms. The minimum Gasteiger partial charge on any atom is -0.486 e. The highest BCUT2D eigenvalue weighted by Gasteiger charge is 2.12. The number of thiocarbonyl (C=S) groups is 1. The maximum absolute atomic E-state index is 5.86. The summed E-state index contributed by atoms with van der Waals surface area (Å²) >= 11 is 11.2. The first kappa shape index (κ1) is 13.2. The van der Waals surface area contributed by atoms with Crippen LogP contribution >= 0.6 is 23.8 Å². The number of hydrogen-bond donors (Lipinski definition) is 1. The van der Waals surface area contributed by atoms with Crippen molar-refractivity contribution in [3.63, 3.8) is 0 Å². The normalized spacial score (nSPS) is 12.8. The molecule has 0 amide bonds. The molecule has 0 unspecified atom stereocenters. The number of nitrogens with one attached hydrogen (secondary N) is 1. The second kappa shape index (κ2) is 5.69. The van der Waals surface area contributed by atoms with E-state index < -0.39 is 0 Å². The van der Waals surface area contributed by atoms with Crippen LogP contribution in [0.4, 0.5) is 5.69 Å². The van der Waals surface area contributed by atoms with E-state index in [-0.39, 0.29) is 0 Å².